The molecule has 29 heavy (non-hydrogen) atoms. The van der Waals surface area contributed by atoms with Gasteiger partial charge in [0.05, 0.1) is 16.7 Å². The molecule has 0 unspecified atom stereocenters. The van der Waals surface area contributed by atoms with Crippen molar-refractivity contribution in [3.63, 3.8) is 0 Å². The Morgan fingerprint density at radius 2 is 1.62 bits per heavy atom. The zero-order valence-corrected chi connectivity index (χ0v) is 15.6. The Labute approximate surface area is 165 Å². The van der Waals surface area contributed by atoms with Crippen LogP contribution in [0, 0.1) is 13.8 Å². The van der Waals surface area contributed by atoms with Gasteiger partial charge in [0, 0.05) is 5.69 Å². The third-order valence-electron chi connectivity index (χ3n) is 4.48. The van der Waals surface area contributed by atoms with Crippen LogP contribution in [-0.4, -0.2) is 16.1 Å². The van der Waals surface area contributed by atoms with Gasteiger partial charge in [-0.05, 0) is 55.3 Å². The summed E-state index contributed by atoms with van der Waals surface area (Å²) in [5.74, 6) is -1.29. The van der Waals surface area contributed by atoms with Crippen molar-refractivity contribution in [2.75, 3.05) is 5.32 Å². The number of aryl methyl sites for hydroxylation is 2. The van der Waals surface area contributed by atoms with Crippen LogP contribution in [0.4, 0.5) is 18.9 Å². The van der Waals surface area contributed by atoms with Crippen molar-refractivity contribution in [1.82, 2.24) is 0 Å². The molecule has 0 bridgehead atoms. The largest absolute Gasteiger partial charge is 0.507 e. The van der Waals surface area contributed by atoms with E-state index in [0.29, 0.717) is 11.1 Å². The Hall–Kier alpha value is -3.48. The van der Waals surface area contributed by atoms with E-state index in [0.717, 1.165) is 29.8 Å². The van der Waals surface area contributed by atoms with E-state index in [2.05, 4.69) is 5.32 Å². The summed E-state index contributed by atoms with van der Waals surface area (Å²) in [4.78, 5) is 12.7. The number of carbonyl (C=O) groups is 1. The molecule has 0 aromatic heterocycles. The molecule has 0 aliphatic carbocycles. The van der Waals surface area contributed by atoms with E-state index in [1.165, 1.54) is 6.07 Å². The molecule has 0 saturated heterocycles. The van der Waals surface area contributed by atoms with Gasteiger partial charge in [-0.3, -0.25) is 4.79 Å². The van der Waals surface area contributed by atoms with E-state index in [9.17, 15) is 28.2 Å². The SMILES string of the molecule is Cc1cccc(-c2c(O)cc(C)c(C(=O)Nc3ccc(C(F)(F)F)cc3)c2O)c1. The lowest BCUT2D eigenvalue weighted by Crippen LogP contribution is -2.14. The van der Waals surface area contributed by atoms with Gasteiger partial charge in [0.1, 0.15) is 11.5 Å². The summed E-state index contributed by atoms with van der Waals surface area (Å²) in [6, 6.07) is 12.4. The summed E-state index contributed by atoms with van der Waals surface area (Å²) in [6.45, 7) is 3.39. The first kappa shape index (κ1) is 20.3. The summed E-state index contributed by atoms with van der Waals surface area (Å²) in [5.41, 5.74) is 1.10. The summed E-state index contributed by atoms with van der Waals surface area (Å²) >= 11 is 0. The topological polar surface area (TPSA) is 69.6 Å². The molecule has 0 aliphatic rings. The number of phenolic OH excluding ortho intramolecular Hbond substituents is 2. The number of anilines is 1. The molecule has 0 spiro atoms. The maximum Gasteiger partial charge on any atom is 0.416 e. The zero-order valence-electron chi connectivity index (χ0n) is 15.6. The first-order valence-electron chi connectivity index (χ1n) is 8.69. The average molecular weight is 401 g/mol. The van der Waals surface area contributed by atoms with Crippen molar-refractivity contribution in [2.45, 2.75) is 20.0 Å². The van der Waals surface area contributed by atoms with Crippen LogP contribution in [0.1, 0.15) is 27.0 Å². The number of hydrogen-bond acceptors (Lipinski definition) is 3. The minimum Gasteiger partial charge on any atom is -0.507 e. The normalized spacial score (nSPS) is 11.3. The van der Waals surface area contributed by atoms with Crippen molar-refractivity contribution in [2.24, 2.45) is 0 Å². The van der Waals surface area contributed by atoms with Crippen molar-refractivity contribution in [3.05, 3.63) is 76.9 Å². The Morgan fingerprint density at radius 1 is 0.966 bits per heavy atom. The van der Waals surface area contributed by atoms with Crippen LogP contribution < -0.4 is 5.32 Å². The summed E-state index contributed by atoms with van der Waals surface area (Å²) in [6.07, 6.45) is -4.48. The van der Waals surface area contributed by atoms with Crippen molar-refractivity contribution < 1.29 is 28.2 Å². The van der Waals surface area contributed by atoms with Gasteiger partial charge in [-0.25, -0.2) is 0 Å². The molecule has 150 valence electrons. The third-order valence-corrected chi connectivity index (χ3v) is 4.48. The van der Waals surface area contributed by atoms with Crippen LogP contribution in [0.3, 0.4) is 0 Å². The average Bonchev–Trinajstić information content (AvgIpc) is 2.61. The molecule has 0 aliphatic heterocycles. The monoisotopic (exact) mass is 401 g/mol. The van der Waals surface area contributed by atoms with Crippen LogP contribution >= 0.6 is 0 Å². The minimum absolute atomic E-state index is 0.0702. The van der Waals surface area contributed by atoms with Crippen LogP contribution in [0.15, 0.2) is 54.6 Å². The Morgan fingerprint density at radius 3 is 2.21 bits per heavy atom. The van der Waals surface area contributed by atoms with E-state index >= 15 is 0 Å². The molecular formula is C22H18F3NO3. The fourth-order valence-electron chi connectivity index (χ4n) is 3.09. The second kappa shape index (κ2) is 7.50. The van der Waals surface area contributed by atoms with E-state index in [1.54, 1.807) is 25.1 Å². The highest BCUT2D eigenvalue weighted by atomic mass is 19.4. The molecule has 0 fully saturated rings. The number of carbonyl (C=O) groups excluding carboxylic acids is 1. The van der Waals surface area contributed by atoms with E-state index in [1.807, 2.05) is 13.0 Å². The van der Waals surface area contributed by atoms with Crippen molar-refractivity contribution >= 4 is 11.6 Å². The molecular weight excluding hydrogens is 383 g/mol. The Bertz CT molecular complexity index is 1070. The smallest absolute Gasteiger partial charge is 0.416 e. The summed E-state index contributed by atoms with van der Waals surface area (Å²) < 4.78 is 38.0. The molecule has 0 heterocycles. The number of rotatable bonds is 3. The van der Waals surface area contributed by atoms with Gasteiger partial charge in [0.25, 0.3) is 5.91 Å². The molecule has 4 nitrogen and oxygen atoms in total. The fourth-order valence-corrected chi connectivity index (χ4v) is 3.09. The highest BCUT2D eigenvalue weighted by Crippen LogP contribution is 2.41. The standard InChI is InChI=1S/C22H18F3NO3/c1-12-4-3-5-14(10-12)19-17(27)11-13(2)18(20(19)28)21(29)26-16-8-6-15(7-9-16)22(23,24)25/h3-11,27-28H,1-2H3,(H,26,29). The van der Waals surface area contributed by atoms with Crippen LogP contribution in [-0.2, 0) is 6.18 Å². The molecule has 3 N–H and O–H groups in total. The van der Waals surface area contributed by atoms with E-state index < -0.39 is 23.4 Å². The van der Waals surface area contributed by atoms with Crippen LogP contribution in [0.5, 0.6) is 11.5 Å². The maximum atomic E-state index is 12.7. The first-order chi connectivity index (χ1) is 13.6. The number of phenols is 2. The van der Waals surface area contributed by atoms with E-state index in [4.69, 9.17) is 0 Å². The van der Waals surface area contributed by atoms with Crippen LogP contribution in [0.25, 0.3) is 11.1 Å². The van der Waals surface area contributed by atoms with Gasteiger partial charge in [-0.15, -0.1) is 0 Å². The summed E-state index contributed by atoms with van der Waals surface area (Å²) in [5, 5.41) is 23.5. The number of hydrogen-bond donors (Lipinski definition) is 3. The number of benzene rings is 3. The second-order valence-electron chi connectivity index (χ2n) is 6.71. The summed E-state index contributed by atoms with van der Waals surface area (Å²) in [7, 11) is 0. The van der Waals surface area contributed by atoms with Gasteiger partial charge in [0.2, 0.25) is 0 Å². The van der Waals surface area contributed by atoms with Gasteiger partial charge >= 0.3 is 6.18 Å². The zero-order chi connectivity index (χ0) is 21.3. The lowest BCUT2D eigenvalue weighted by atomic mass is 9.95. The molecule has 3 rings (SSSR count). The first-order valence-corrected chi connectivity index (χ1v) is 8.69. The van der Waals surface area contributed by atoms with Gasteiger partial charge in [0.15, 0.2) is 0 Å². The third kappa shape index (κ3) is 4.18. The maximum absolute atomic E-state index is 12.7. The van der Waals surface area contributed by atoms with Gasteiger partial charge in [-0.1, -0.05) is 29.8 Å². The molecule has 1 amide bonds. The number of alkyl halides is 3. The fraction of sp³-hybridized carbons (Fsp3) is 0.136. The Kier molecular flexibility index (Phi) is 5.24. The number of halogens is 3. The number of nitrogens with one attached hydrogen (secondary N) is 1. The van der Waals surface area contributed by atoms with Crippen molar-refractivity contribution in [1.29, 1.82) is 0 Å². The van der Waals surface area contributed by atoms with Crippen molar-refractivity contribution in [3.8, 4) is 22.6 Å². The van der Waals surface area contributed by atoms with Gasteiger partial charge < -0.3 is 15.5 Å². The molecule has 3 aromatic rings. The van der Waals surface area contributed by atoms with Gasteiger partial charge in [-0.2, -0.15) is 13.2 Å². The number of amides is 1. The predicted octanol–water partition coefficient (Wildman–Crippen LogP) is 5.65. The van der Waals surface area contributed by atoms with E-state index in [-0.39, 0.29) is 22.6 Å². The second-order valence-corrected chi connectivity index (χ2v) is 6.71. The lowest BCUT2D eigenvalue weighted by Gasteiger charge is -2.15. The van der Waals surface area contributed by atoms with Crippen LogP contribution in [0.2, 0.25) is 0 Å². The number of aromatic hydroxyl groups is 2. The quantitative estimate of drug-likeness (QED) is 0.531. The Balaban J connectivity index is 1.98. The highest BCUT2D eigenvalue weighted by Gasteiger charge is 2.30. The molecule has 0 saturated carbocycles. The predicted molar refractivity (Wildman–Crippen MR) is 104 cm³/mol. The minimum atomic E-state index is -4.48. The highest BCUT2D eigenvalue weighted by molar-refractivity contribution is 6.09. The molecule has 3 aromatic carbocycles. The lowest BCUT2D eigenvalue weighted by molar-refractivity contribution is -0.137. The molecule has 7 heteroatoms. The molecule has 0 atom stereocenters. The molecule has 0 radical (unpaired) electrons.